The lowest BCUT2D eigenvalue weighted by atomic mass is 10.1. The largest absolute Gasteiger partial charge is 0.359 e. The first-order chi connectivity index (χ1) is 15.7. The second-order valence-electron chi connectivity index (χ2n) is 7.36. The Morgan fingerprint density at radius 1 is 0.812 bits per heavy atom. The number of nitrogens with one attached hydrogen (secondary N) is 2. The van der Waals surface area contributed by atoms with E-state index in [1.165, 1.54) is 0 Å². The molecule has 0 bridgehead atoms. The number of aromatic nitrogens is 2. The second kappa shape index (κ2) is 12.2. The molecule has 3 aromatic rings. The molecule has 1 aromatic heterocycles. The number of hydrogen-bond acceptors (Lipinski definition) is 5. The van der Waals surface area contributed by atoms with Gasteiger partial charge >= 0.3 is 0 Å². The molecule has 1 heterocycles. The van der Waals surface area contributed by atoms with E-state index >= 15 is 0 Å². The fourth-order valence-electron chi connectivity index (χ4n) is 3.32. The molecule has 0 saturated heterocycles. The quantitative estimate of drug-likeness (QED) is 0.440. The van der Waals surface area contributed by atoms with Crippen LogP contribution in [-0.4, -0.2) is 35.4 Å². The van der Waals surface area contributed by atoms with E-state index < -0.39 is 0 Å². The maximum Gasteiger partial charge on any atom is 0.251 e. The van der Waals surface area contributed by atoms with Crippen molar-refractivity contribution in [3.8, 4) is 0 Å². The molecule has 32 heavy (non-hydrogen) atoms. The van der Waals surface area contributed by atoms with Gasteiger partial charge in [0.25, 0.3) is 5.91 Å². The Kier molecular flexibility index (Phi) is 8.74. The molecule has 7 heteroatoms. The molecular weight excluding hydrogens is 402 g/mol. The summed E-state index contributed by atoms with van der Waals surface area (Å²) in [5.74, 6) is 0.544. The van der Waals surface area contributed by atoms with Crippen LogP contribution in [0.1, 0.15) is 42.5 Å². The zero-order chi connectivity index (χ0) is 22.6. The van der Waals surface area contributed by atoms with E-state index in [4.69, 9.17) is 0 Å². The summed E-state index contributed by atoms with van der Waals surface area (Å²) in [4.78, 5) is 34.4. The minimum absolute atomic E-state index is 0.0754. The molecule has 0 radical (unpaired) electrons. The third-order valence-electron chi connectivity index (χ3n) is 5.05. The maximum absolute atomic E-state index is 12.5. The topological polar surface area (TPSA) is 87.2 Å². The zero-order valence-corrected chi connectivity index (χ0v) is 18.3. The molecule has 0 atom stereocenters. The molecule has 0 unspecified atom stereocenters. The summed E-state index contributed by atoms with van der Waals surface area (Å²) in [5.41, 5.74) is 2.41. The first-order valence-electron chi connectivity index (χ1n) is 10.9. The molecule has 2 N–H and O–H groups in total. The highest BCUT2D eigenvalue weighted by Crippen LogP contribution is 2.31. The van der Waals surface area contributed by atoms with Crippen LogP contribution >= 0.6 is 0 Å². The highest BCUT2D eigenvalue weighted by molar-refractivity contribution is 5.94. The summed E-state index contributed by atoms with van der Waals surface area (Å²) in [6.07, 6.45) is 7.71. The fourth-order valence-corrected chi connectivity index (χ4v) is 3.32. The van der Waals surface area contributed by atoms with Crippen LogP contribution in [0.4, 0.5) is 17.3 Å². The SMILES string of the molecule is CNC(=O)CCCCCCNC(=O)c1ccc(N(c2ccccc2)c2ncccn2)cc1. The third-order valence-corrected chi connectivity index (χ3v) is 5.05. The molecule has 0 spiro atoms. The highest BCUT2D eigenvalue weighted by atomic mass is 16.2. The predicted octanol–water partition coefficient (Wildman–Crippen LogP) is 4.37. The van der Waals surface area contributed by atoms with Crippen molar-refractivity contribution in [2.24, 2.45) is 0 Å². The van der Waals surface area contributed by atoms with Crippen molar-refractivity contribution in [1.29, 1.82) is 0 Å². The zero-order valence-electron chi connectivity index (χ0n) is 18.3. The fraction of sp³-hybridized carbons (Fsp3) is 0.280. The first-order valence-corrected chi connectivity index (χ1v) is 10.9. The van der Waals surface area contributed by atoms with Gasteiger partial charge in [-0.2, -0.15) is 0 Å². The summed E-state index contributed by atoms with van der Waals surface area (Å²) < 4.78 is 0. The molecular formula is C25H29N5O2. The minimum Gasteiger partial charge on any atom is -0.359 e. The summed E-state index contributed by atoms with van der Waals surface area (Å²) in [6.45, 7) is 0.620. The smallest absolute Gasteiger partial charge is 0.251 e. The predicted molar refractivity (Wildman–Crippen MR) is 126 cm³/mol. The number of benzene rings is 2. The summed E-state index contributed by atoms with van der Waals surface area (Å²) >= 11 is 0. The number of nitrogens with zero attached hydrogens (tertiary/aromatic N) is 3. The lowest BCUT2D eigenvalue weighted by Crippen LogP contribution is -2.24. The Labute approximate surface area is 188 Å². The van der Waals surface area contributed by atoms with Gasteiger partial charge in [0.15, 0.2) is 0 Å². The molecule has 2 aromatic carbocycles. The Bertz CT molecular complexity index is 939. The minimum atomic E-state index is -0.0934. The van der Waals surface area contributed by atoms with E-state index in [9.17, 15) is 9.59 Å². The molecule has 3 rings (SSSR count). The molecule has 2 amide bonds. The van der Waals surface area contributed by atoms with Gasteiger partial charge in [-0.1, -0.05) is 31.0 Å². The number of unbranched alkanes of at least 4 members (excludes halogenated alkanes) is 3. The monoisotopic (exact) mass is 431 g/mol. The lowest BCUT2D eigenvalue weighted by molar-refractivity contribution is -0.120. The number of para-hydroxylation sites is 1. The van der Waals surface area contributed by atoms with Gasteiger partial charge in [-0.25, -0.2) is 9.97 Å². The van der Waals surface area contributed by atoms with Gasteiger partial charge in [-0.15, -0.1) is 0 Å². The van der Waals surface area contributed by atoms with Gasteiger partial charge in [-0.05, 0) is 55.3 Å². The van der Waals surface area contributed by atoms with Crippen molar-refractivity contribution in [3.05, 3.63) is 78.6 Å². The van der Waals surface area contributed by atoms with Crippen molar-refractivity contribution >= 4 is 29.1 Å². The third kappa shape index (κ3) is 6.63. The average molecular weight is 432 g/mol. The van der Waals surface area contributed by atoms with E-state index in [1.54, 1.807) is 25.5 Å². The normalized spacial score (nSPS) is 10.4. The van der Waals surface area contributed by atoms with Crippen LogP contribution < -0.4 is 15.5 Å². The Hall–Kier alpha value is -3.74. The van der Waals surface area contributed by atoms with Crippen molar-refractivity contribution in [2.45, 2.75) is 32.1 Å². The molecule has 0 aliphatic heterocycles. The molecule has 0 fully saturated rings. The van der Waals surface area contributed by atoms with Crippen molar-refractivity contribution in [1.82, 2.24) is 20.6 Å². The summed E-state index contributed by atoms with van der Waals surface area (Å²) in [6, 6.07) is 19.1. The number of hydrogen-bond donors (Lipinski definition) is 2. The van der Waals surface area contributed by atoms with Gasteiger partial charge in [-0.3, -0.25) is 14.5 Å². The van der Waals surface area contributed by atoms with E-state index in [2.05, 4.69) is 20.6 Å². The summed E-state index contributed by atoms with van der Waals surface area (Å²) in [5, 5.41) is 5.59. The maximum atomic E-state index is 12.5. The van der Waals surface area contributed by atoms with Crippen LogP contribution in [-0.2, 0) is 4.79 Å². The van der Waals surface area contributed by atoms with Crippen molar-refractivity contribution in [2.75, 3.05) is 18.5 Å². The molecule has 7 nitrogen and oxygen atoms in total. The Morgan fingerprint density at radius 3 is 2.16 bits per heavy atom. The van der Waals surface area contributed by atoms with Crippen molar-refractivity contribution < 1.29 is 9.59 Å². The molecule has 0 aliphatic carbocycles. The van der Waals surface area contributed by atoms with Crippen LogP contribution in [0.5, 0.6) is 0 Å². The Balaban J connectivity index is 1.56. The molecule has 166 valence electrons. The number of carbonyl (C=O) groups excluding carboxylic acids is 2. The van der Waals surface area contributed by atoms with Crippen LogP contribution in [0.15, 0.2) is 73.1 Å². The van der Waals surface area contributed by atoms with E-state index in [0.717, 1.165) is 37.1 Å². The van der Waals surface area contributed by atoms with Gasteiger partial charge in [0.2, 0.25) is 11.9 Å². The van der Waals surface area contributed by atoms with Crippen LogP contribution in [0, 0.1) is 0 Å². The number of anilines is 3. The lowest BCUT2D eigenvalue weighted by Gasteiger charge is -2.22. The summed E-state index contributed by atoms with van der Waals surface area (Å²) in [7, 11) is 1.65. The van der Waals surface area contributed by atoms with Crippen molar-refractivity contribution in [3.63, 3.8) is 0 Å². The standard InChI is InChI=1S/C25H29N5O2/c1-26-23(31)12-7-2-3-8-17-27-24(32)20-13-15-22(16-14-20)30(21-10-5-4-6-11-21)25-28-18-9-19-29-25/h4-6,9-11,13-16,18-19H,2-3,7-8,12,17H2,1H3,(H,26,31)(H,27,32). The van der Waals surface area contributed by atoms with E-state index in [1.807, 2.05) is 59.5 Å². The number of amides is 2. The highest BCUT2D eigenvalue weighted by Gasteiger charge is 2.15. The van der Waals surface area contributed by atoms with E-state index in [-0.39, 0.29) is 11.8 Å². The van der Waals surface area contributed by atoms with Crippen LogP contribution in [0.3, 0.4) is 0 Å². The van der Waals surface area contributed by atoms with Gasteiger partial charge in [0.05, 0.1) is 0 Å². The van der Waals surface area contributed by atoms with E-state index in [0.29, 0.717) is 24.5 Å². The van der Waals surface area contributed by atoms with Crippen LogP contribution in [0.25, 0.3) is 0 Å². The van der Waals surface area contributed by atoms with Gasteiger partial charge in [0.1, 0.15) is 0 Å². The molecule has 0 aliphatic rings. The number of rotatable bonds is 11. The number of carbonyl (C=O) groups is 2. The average Bonchev–Trinajstić information content (AvgIpc) is 2.85. The molecule has 0 saturated carbocycles. The second-order valence-corrected chi connectivity index (χ2v) is 7.36. The van der Waals surface area contributed by atoms with Crippen LogP contribution in [0.2, 0.25) is 0 Å². The Morgan fingerprint density at radius 2 is 1.47 bits per heavy atom. The van der Waals surface area contributed by atoms with Gasteiger partial charge < -0.3 is 10.6 Å². The first kappa shape index (κ1) is 22.9. The van der Waals surface area contributed by atoms with Gasteiger partial charge in [0, 0.05) is 49.3 Å².